The Balaban J connectivity index is 2.13. The molecule has 0 aromatic heterocycles. The summed E-state index contributed by atoms with van der Waals surface area (Å²) in [4.78, 5) is 1.61. The van der Waals surface area contributed by atoms with Gasteiger partial charge in [-0.05, 0) is 25.7 Å². The topological polar surface area (TPSA) is 29.3 Å². The van der Waals surface area contributed by atoms with E-state index < -0.39 is 12.2 Å². The number of hydrogen-bond acceptors (Lipinski definition) is 2. The van der Waals surface area contributed by atoms with E-state index in [0.29, 0.717) is 0 Å². The Labute approximate surface area is 81.2 Å². The first-order valence-corrected chi connectivity index (χ1v) is 5.08. The fourth-order valence-electron chi connectivity index (χ4n) is 2.89. The Bertz CT molecular complexity index is 197. The van der Waals surface area contributed by atoms with E-state index in [9.17, 15) is 13.2 Å². The first kappa shape index (κ1) is 10.2. The molecule has 2 aliphatic rings. The molecule has 1 atom stereocenters. The SMILES string of the molecule is NCC(N1C2CCC1CC2)C(F)(F)F. The highest BCUT2D eigenvalue weighted by molar-refractivity contribution is 5.00. The van der Waals surface area contributed by atoms with Gasteiger partial charge < -0.3 is 5.73 Å². The molecule has 2 fully saturated rings. The molecule has 0 aromatic carbocycles. The molecule has 14 heavy (non-hydrogen) atoms. The largest absolute Gasteiger partial charge is 0.405 e. The molecule has 2 nitrogen and oxygen atoms in total. The molecule has 0 saturated carbocycles. The maximum absolute atomic E-state index is 12.6. The molecule has 0 spiro atoms. The van der Waals surface area contributed by atoms with E-state index in [2.05, 4.69) is 0 Å². The molecule has 0 amide bonds. The van der Waals surface area contributed by atoms with Crippen LogP contribution in [-0.2, 0) is 0 Å². The van der Waals surface area contributed by atoms with Gasteiger partial charge in [0.15, 0.2) is 0 Å². The Morgan fingerprint density at radius 3 is 1.86 bits per heavy atom. The fraction of sp³-hybridized carbons (Fsp3) is 1.00. The number of nitrogens with zero attached hydrogens (tertiary/aromatic N) is 1. The van der Waals surface area contributed by atoms with Gasteiger partial charge in [0.25, 0.3) is 0 Å². The highest BCUT2D eigenvalue weighted by Gasteiger charge is 2.51. The van der Waals surface area contributed by atoms with Crippen molar-refractivity contribution in [3.63, 3.8) is 0 Å². The highest BCUT2D eigenvalue weighted by atomic mass is 19.4. The second kappa shape index (κ2) is 3.38. The van der Waals surface area contributed by atoms with Crippen molar-refractivity contribution < 1.29 is 13.2 Å². The number of fused-ring (bicyclic) bond motifs is 2. The number of alkyl halides is 3. The van der Waals surface area contributed by atoms with E-state index in [1.54, 1.807) is 4.90 Å². The lowest BCUT2D eigenvalue weighted by molar-refractivity contribution is -0.184. The summed E-state index contributed by atoms with van der Waals surface area (Å²) in [6.07, 6.45) is -0.511. The van der Waals surface area contributed by atoms with Gasteiger partial charge in [0.2, 0.25) is 0 Å². The normalized spacial score (nSPS) is 35.1. The summed E-state index contributed by atoms with van der Waals surface area (Å²) in [7, 11) is 0. The Morgan fingerprint density at radius 1 is 1.14 bits per heavy atom. The molecule has 2 rings (SSSR count). The quantitative estimate of drug-likeness (QED) is 0.745. The first-order valence-electron chi connectivity index (χ1n) is 5.08. The third kappa shape index (κ3) is 1.52. The molecule has 82 valence electrons. The lowest BCUT2D eigenvalue weighted by Crippen LogP contribution is -2.52. The molecular formula is C9H15F3N2. The summed E-state index contributed by atoms with van der Waals surface area (Å²) >= 11 is 0. The predicted octanol–water partition coefficient (Wildman–Crippen LogP) is 1.50. The zero-order valence-corrected chi connectivity index (χ0v) is 7.93. The van der Waals surface area contributed by atoms with E-state index in [1.807, 2.05) is 0 Å². The molecule has 2 heterocycles. The van der Waals surface area contributed by atoms with Crippen LogP contribution in [0.4, 0.5) is 13.2 Å². The molecule has 0 aromatic rings. The first-order chi connectivity index (χ1) is 6.54. The minimum absolute atomic E-state index is 0.134. The van der Waals surface area contributed by atoms with Gasteiger partial charge >= 0.3 is 6.18 Å². The third-order valence-electron chi connectivity index (χ3n) is 3.47. The summed E-state index contributed by atoms with van der Waals surface area (Å²) in [5, 5.41) is 0. The van der Waals surface area contributed by atoms with Gasteiger partial charge in [-0.25, -0.2) is 0 Å². The van der Waals surface area contributed by atoms with Gasteiger partial charge in [0.05, 0.1) is 0 Å². The van der Waals surface area contributed by atoms with Crippen LogP contribution in [0.15, 0.2) is 0 Å². The Hall–Kier alpha value is -0.290. The van der Waals surface area contributed by atoms with Crippen LogP contribution in [-0.4, -0.2) is 35.7 Å². The number of halogens is 3. The van der Waals surface area contributed by atoms with Crippen molar-refractivity contribution in [1.82, 2.24) is 4.90 Å². The highest BCUT2D eigenvalue weighted by Crippen LogP contribution is 2.42. The van der Waals surface area contributed by atoms with Crippen LogP contribution in [0.3, 0.4) is 0 Å². The Kier molecular flexibility index (Phi) is 2.47. The van der Waals surface area contributed by atoms with Crippen molar-refractivity contribution in [2.45, 2.75) is 50.0 Å². The van der Waals surface area contributed by atoms with E-state index in [0.717, 1.165) is 25.7 Å². The zero-order chi connectivity index (χ0) is 10.3. The minimum atomic E-state index is -4.17. The van der Waals surface area contributed by atoms with E-state index in [1.165, 1.54) is 0 Å². The lowest BCUT2D eigenvalue weighted by atomic mass is 10.0. The van der Waals surface area contributed by atoms with Gasteiger partial charge in [-0.2, -0.15) is 13.2 Å². The van der Waals surface area contributed by atoms with E-state index in [-0.39, 0.29) is 18.6 Å². The fourth-order valence-corrected chi connectivity index (χ4v) is 2.89. The van der Waals surface area contributed by atoms with E-state index >= 15 is 0 Å². The molecule has 2 N–H and O–H groups in total. The van der Waals surface area contributed by atoms with Gasteiger partial charge in [-0.1, -0.05) is 0 Å². The summed E-state index contributed by atoms with van der Waals surface area (Å²) in [6, 6.07) is -1.15. The van der Waals surface area contributed by atoms with Crippen molar-refractivity contribution in [3.05, 3.63) is 0 Å². The van der Waals surface area contributed by atoms with Crippen molar-refractivity contribution in [2.24, 2.45) is 5.73 Å². The van der Waals surface area contributed by atoms with Crippen LogP contribution in [0.25, 0.3) is 0 Å². The van der Waals surface area contributed by atoms with Crippen molar-refractivity contribution in [3.8, 4) is 0 Å². The van der Waals surface area contributed by atoms with Crippen LogP contribution in [0.1, 0.15) is 25.7 Å². The van der Waals surface area contributed by atoms with Gasteiger partial charge in [0.1, 0.15) is 6.04 Å². The van der Waals surface area contributed by atoms with Gasteiger partial charge in [0, 0.05) is 18.6 Å². The summed E-state index contributed by atoms with van der Waals surface area (Å²) in [6.45, 7) is -0.309. The van der Waals surface area contributed by atoms with Gasteiger partial charge in [-0.15, -0.1) is 0 Å². The van der Waals surface area contributed by atoms with Crippen molar-refractivity contribution >= 4 is 0 Å². The third-order valence-corrected chi connectivity index (χ3v) is 3.47. The summed E-state index contributed by atoms with van der Waals surface area (Å²) < 4.78 is 37.9. The Morgan fingerprint density at radius 2 is 1.57 bits per heavy atom. The maximum atomic E-state index is 12.6. The molecule has 2 bridgehead atoms. The van der Waals surface area contributed by atoms with Crippen LogP contribution < -0.4 is 5.73 Å². The number of nitrogens with two attached hydrogens (primary N) is 1. The average Bonchev–Trinajstić information content (AvgIpc) is 2.64. The van der Waals surface area contributed by atoms with E-state index in [4.69, 9.17) is 5.73 Å². The second-order valence-electron chi connectivity index (χ2n) is 4.20. The molecular weight excluding hydrogens is 193 g/mol. The second-order valence-corrected chi connectivity index (χ2v) is 4.20. The molecule has 2 aliphatic heterocycles. The molecule has 5 heteroatoms. The monoisotopic (exact) mass is 208 g/mol. The molecule has 0 aliphatic carbocycles. The maximum Gasteiger partial charge on any atom is 0.405 e. The standard InChI is InChI=1S/C9H15F3N2/c10-9(11,12)8(5-13)14-6-1-2-7(14)4-3-6/h6-8H,1-5,13H2. The minimum Gasteiger partial charge on any atom is -0.329 e. The molecule has 2 saturated heterocycles. The summed E-state index contributed by atoms with van der Waals surface area (Å²) in [5.74, 6) is 0. The van der Waals surface area contributed by atoms with Crippen LogP contribution in [0.2, 0.25) is 0 Å². The van der Waals surface area contributed by atoms with Crippen molar-refractivity contribution in [1.29, 1.82) is 0 Å². The number of hydrogen-bond donors (Lipinski definition) is 1. The van der Waals surface area contributed by atoms with Gasteiger partial charge in [-0.3, -0.25) is 4.90 Å². The van der Waals surface area contributed by atoms with Crippen LogP contribution in [0.5, 0.6) is 0 Å². The van der Waals surface area contributed by atoms with Crippen molar-refractivity contribution in [2.75, 3.05) is 6.54 Å². The molecule has 1 unspecified atom stereocenters. The zero-order valence-electron chi connectivity index (χ0n) is 7.93. The lowest BCUT2D eigenvalue weighted by Gasteiger charge is -2.32. The van der Waals surface area contributed by atoms with Crippen LogP contribution >= 0.6 is 0 Å². The molecule has 0 radical (unpaired) electrons. The summed E-state index contributed by atoms with van der Waals surface area (Å²) in [5.41, 5.74) is 5.23. The number of rotatable bonds is 2. The van der Waals surface area contributed by atoms with Crippen LogP contribution in [0, 0.1) is 0 Å². The average molecular weight is 208 g/mol. The smallest absolute Gasteiger partial charge is 0.329 e. The predicted molar refractivity (Wildman–Crippen MR) is 46.8 cm³/mol.